The molecule has 2 aromatic heterocycles. The molecule has 1 N–H and O–H groups in total. The SMILES string of the molecule is Cc1nc2ccccn2c1C(O)=C1C(=O)C(=O)N(CCCN(C)C)[C@@H]1c1cccc(Cl)c1. The van der Waals surface area contributed by atoms with Crippen molar-refractivity contribution >= 4 is 34.7 Å². The topological polar surface area (TPSA) is 78.1 Å². The van der Waals surface area contributed by atoms with Crippen LogP contribution in [-0.4, -0.2) is 63.2 Å². The van der Waals surface area contributed by atoms with Crippen molar-refractivity contribution in [3.05, 3.63) is 76.2 Å². The molecule has 1 saturated heterocycles. The molecular formula is C24H25ClN4O3. The Morgan fingerprint density at radius 3 is 2.69 bits per heavy atom. The van der Waals surface area contributed by atoms with Crippen molar-refractivity contribution in [2.75, 3.05) is 27.2 Å². The number of benzene rings is 1. The first-order valence-corrected chi connectivity index (χ1v) is 10.8. The quantitative estimate of drug-likeness (QED) is 0.351. The van der Waals surface area contributed by atoms with Crippen LogP contribution in [0.5, 0.6) is 0 Å². The number of ketones is 1. The maximum atomic E-state index is 13.2. The molecule has 0 bridgehead atoms. The van der Waals surface area contributed by atoms with Crippen molar-refractivity contribution in [3.8, 4) is 0 Å². The highest BCUT2D eigenvalue weighted by Crippen LogP contribution is 2.40. The van der Waals surface area contributed by atoms with Crippen LogP contribution >= 0.6 is 11.6 Å². The van der Waals surface area contributed by atoms with Gasteiger partial charge in [0, 0.05) is 17.8 Å². The summed E-state index contributed by atoms with van der Waals surface area (Å²) in [6, 6.07) is 11.8. The molecule has 1 aromatic carbocycles. The molecule has 0 radical (unpaired) electrons. The molecule has 1 amide bonds. The number of carbonyl (C=O) groups is 2. The van der Waals surface area contributed by atoms with Crippen LogP contribution in [0.15, 0.2) is 54.2 Å². The Morgan fingerprint density at radius 1 is 1.19 bits per heavy atom. The van der Waals surface area contributed by atoms with E-state index in [-0.39, 0.29) is 11.3 Å². The lowest BCUT2D eigenvalue weighted by atomic mass is 9.96. The zero-order valence-corrected chi connectivity index (χ0v) is 19.0. The molecule has 0 aliphatic carbocycles. The van der Waals surface area contributed by atoms with E-state index in [1.165, 1.54) is 4.90 Å². The van der Waals surface area contributed by atoms with Gasteiger partial charge in [-0.3, -0.25) is 14.0 Å². The van der Waals surface area contributed by atoms with E-state index >= 15 is 0 Å². The number of rotatable bonds is 6. The van der Waals surface area contributed by atoms with Gasteiger partial charge in [-0.05, 0) is 63.8 Å². The minimum atomic E-state index is -0.732. The predicted molar refractivity (Wildman–Crippen MR) is 124 cm³/mol. The number of hydrogen-bond acceptors (Lipinski definition) is 5. The fourth-order valence-corrected chi connectivity index (χ4v) is 4.42. The molecule has 4 rings (SSSR count). The lowest BCUT2D eigenvalue weighted by molar-refractivity contribution is -0.139. The van der Waals surface area contributed by atoms with Gasteiger partial charge in [0.2, 0.25) is 0 Å². The number of aliphatic hydroxyl groups excluding tert-OH is 1. The second-order valence-corrected chi connectivity index (χ2v) is 8.62. The van der Waals surface area contributed by atoms with Crippen LogP contribution < -0.4 is 0 Å². The van der Waals surface area contributed by atoms with E-state index in [1.807, 2.05) is 43.3 Å². The number of Topliss-reactive ketones (excluding diaryl/α,β-unsaturated/α-hetero) is 1. The largest absolute Gasteiger partial charge is 0.505 e. The van der Waals surface area contributed by atoms with Crippen molar-refractivity contribution in [3.63, 3.8) is 0 Å². The number of amides is 1. The highest BCUT2D eigenvalue weighted by atomic mass is 35.5. The summed E-state index contributed by atoms with van der Waals surface area (Å²) < 4.78 is 1.72. The van der Waals surface area contributed by atoms with E-state index in [0.717, 1.165) is 6.54 Å². The first-order chi connectivity index (χ1) is 15.3. The number of hydrogen-bond donors (Lipinski definition) is 1. The number of aryl methyl sites for hydroxylation is 1. The van der Waals surface area contributed by atoms with E-state index < -0.39 is 17.7 Å². The molecule has 3 heterocycles. The third-order valence-electron chi connectivity index (χ3n) is 5.64. The van der Waals surface area contributed by atoms with Crippen molar-refractivity contribution in [2.45, 2.75) is 19.4 Å². The summed E-state index contributed by atoms with van der Waals surface area (Å²) in [5, 5.41) is 11.9. The number of halogens is 1. The molecule has 7 nitrogen and oxygen atoms in total. The second kappa shape index (κ2) is 8.76. The number of aromatic nitrogens is 2. The Bertz CT molecular complexity index is 1230. The number of fused-ring (bicyclic) bond motifs is 1. The smallest absolute Gasteiger partial charge is 0.295 e. The van der Waals surface area contributed by atoms with Gasteiger partial charge in [-0.15, -0.1) is 0 Å². The number of nitrogens with zero attached hydrogens (tertiary/aromatic N) is 4. The predicted octanol–water partition coefficient (Wildman–Crippen LogP) is 3.67. The van der Waals surface area contributed by atoms with Crippen LogP contribution in [0, 0.1) is 6.92 Å². The molecule has 1 aliphatic rings. The van der Waals surface area contributed by atoms with Crippen LogP contribution in [0.3, 0.4) is 0 Å². The maximum absolute atomic E-state index is 13.2. The van der Waals surface area contributed by atoms with Gasteiger partial charge in [0.15, 0.2) is 5.76 Å². The molecule has 0 saturated carbocycles. The van der Waals surface area contributed by atoms with Crippen molar-refractivity contribution in [1.29, 1.82) is 0 Å². The Labute approximate surface area is 191 Å². The molecule has 0 unspecified atom stereocenters. The average Bonchev–Trinajstić information content (AvgIpc) is 3.21. The van der Waals surface area contributed by atoms with E-state index in [1.54, 1.807) is 35.7 Å². The highest BCUT2D eigenvalue weighted by Gasteiger charge is 2.46. The number of pyridine rings is 1. The summed E-state index contributed by atoms with van der Waals surface area (Å²) >= 11 is 6.23. The van der Waals surface area contributed by atoms with E-state index in [0.29, 0.717) is 40.6 Å². The van der Waals surface area contributed by atoms with Crippen molar-refractivity contribution in [1.82, 2.24) is 19.2 Å². The Morgan fingerprint density at radius 2 is 1.97 bits per heavy atom. The normalized spacial score (nSPS) is 18.3. The zero-order valence-electron chi connectivity index (χ0n) is 18.2. The Kier molecular flexibility index (Phi) is 6.04. The third-order valence-corrected chi connectivity index (χ3v) is 5.87. The average molecular weight is 453 g/mol. The number of likely N-dealkylation sites (tertiary alicyclic amines) is 1. The third kappa shape index (κ3) is 3.89. The first kappa shape index (κ1) is 22.0. The van der Waals surface area contributed by atoms with Crippen LogP contribution in [0.2, 0.25) is 5.02 Å². The molecule has 3 aromatic rings. The number of imidazole rings is 1. The summed E-state index contributed by atoms with van der Waals surface area (Å²) in [6.07, 6.45) is 2.46. The van der Waals surface area contributed by atoms with E-state index in [9.17, 15) is 14.7 Å². The van der Waals surface area contributed by atoms with E-state index in [4.69, 9.17) is 11.6 Å². The summed E-state index contributed by atoms with van der Waals surface area (Å²) in [5.74, 6) is -1.57. The van der Waals surface area contributed by atoms with Gasteiger partial charge in [0.25, 0.3) is 11.7 Å². The standard InChI is InChI=1S/C24H25ClN4O3/c1-15-20(28-12-5-4-10-18(28)26-15)22(30)19-21(16-8-6-9-17(25)14-16)29(24(32)23(19)31)13-7-11-27(2)3/h4-6,8-10,12,14,21,30H,7,11,13H2,1-3H3/t21-/m1/s1. The monoisotopic (exact) mass is 452 g/mol. The van der Waals surface area contributed by atoms with Gasteiger partial charge in [-0.1, -0.05) is 29.8 Å². The molecule has 0 spiro atoms. The van der Waals surface area contributed by atoms with Crippen molar-refractivity contribution < 1.29 is 14.7 Å². The fourth-order valence-electron chi connectivity index (χ4n) is 4.22. The lowest BCUT2D eigenvalue weighted by Crippen LogP contribution is -2.32. The van der Waals surface area contributed by atoms with Gasteiger partial charge >= 0.3 is 0 Å². The number of aliphatic hydroxyl groups is 1. The molecule has 32 heavy (non-hydrogen) atoms. The van der Waals surface area contributed by atoms with Crippen molar-refractivity contribution in [2.24, 2.45) is 0 Å². The summed E-state index contributed by atoms with van der Waals surface area (Å²) in [7, 11) is 3.91. The van der Waals surface area contributed by atoms with Gasteiger partial charge in [0.1, 0.15) is 11.3 Å². The molecular weight excluding hydrogens is 428 g/mol. The maximum Gasteiger partial charge on any atom is 0.295 e. The van der Waals surface area contributed by atoms with Crippen LogP contribution in [0.1, 0.15) is 29.4 Å². The molecule has 1 atom stereocenters. The molecule has 1 aliphatic heterocycles. The zero-order chi connectivity index (χ0) is 23.0. The molecule has 8 heteroatoms. The van der Waals surface area contributed by atoms with Gasteiger partial charge in [-0.2, -0.15) is 0 Å². The van der Waals surface area contributed by atoms with Gasteiger partial charge in [0.05, 0.1) is 17.3 Å². The minimum absolute atomic E-state index is 0.0517. The second-order valence-electron chi connectivity index (χ2n) is 8.18. The summed E-state index contributed by atoms with van der Waals surface area (Å²) in [6.45, 7) is 2.91. The van der Waals surface area contributed by atoms with Gasteiger partial charge < -0.3 is 14.9 Å². The van der Waals surface area contributed by atoms with Crippen LogP contribution in [0.25, 0.3) is 11.4 Å². The fraction of sp³-hybridized carbons (Fsp3) is 0.292. The molecule has 1 fully saturated rings. The van der Waals surface area contributed by atoms with E-state index in [2.05, 4.69) is 4.98 Å². The van der Waals surface area contributed by atoms with Crippen LogP contribution in [0.4, 0.5) is 0 Å². The highest BCUT2D eigenvalue weighted by molar-refractivity contribution is 6.46. The first-order valence-electron chi connectivity index (χ1n) is 10.4. The Balaban J connectivity index is 1.89. The summed E-state index contributed by atoms with van der Waals surface area (Å²) in [5.41, 5.74) is 2.34. The van der Waals surface area contributed by atoms with Gasteiger partial charge in [-0.25, -0.2) is 4.98 Å². The lowest BCUT2D eigenvalue weighted by Gasteiger charge is -2.26. The minimum Gasteiger partial charge on any atom is -0.505 e. The number of carbonyl (C=O) groups excluding carboxylic acids is 2. The molecule has 166 valence electrons. The van der Waals surface area contributed by atoms with Crippen LogP contribution in [-0.2, 0) is 9.59 Å². The summed E-state index contributed by atoms with van der Waals surface area (Å²) in [4.78, 5) is 34.3. The Hall–Kier alpha value is -3.16.